The smallest absolute Gasteiger partial charge is 0.337 e. The minimum Gasteiger partial charge on any atom is -0.478 e. The van der Waals surface area contributed by atoms with Gasteiger partial charge in [-0.1, -0.05) is 6.92 Å². The third-order valence-electron chi connectivity index (χ3n) is 2.40. The molecule has 86 valence electrons. The zero-order valence-corrected chi connectivity index (χ0v) is 9.41. The zero-order valence-electron chi connectivity index (χ0n) is 9.41. The summed E-state index contributed by atoms with van der Waals surface area (Å²) in [6.07, 6.45) is 1.16. The molecule has 16 heavy (non-hydrogen) atoms. The minimum atomic E-state index is -1.11. The van der Waals surface area contributed by atoms with Gasteiger partial charge in [0.05, 0.1) is 5.56 Å². The molecule has 0 spiro atoms. The molecule has 1 aromatic rings. The summed E-state index contributed by atoms with van der Waals surface area (Å²) in [6, 6.07) is 2.90. The van der Waals surface area contributed by atoms with E-state index in [2.05, 4.69) is 0 Å². The molecule has 0 aliphatic rings. The van der Waals surface area contributed by atoms with Gasteiger partial charge in [0.25, 0.3) is 0 Å². The van der Waals surface area contributed by atoms with Gasteiger partial charge in [-0.05, 0) is 31.0 Å². The van der Waals surface area contributed by atoms with Crippen LogP contribution < -0.4 is 5.73 Å². The number of aryl methyl sites for hydroxylation is 1. The van der Waals surface area contributed by atoms with Crippen LogP contribution in [0.5, 0.6) is 0 Å². The van der Waals surface area contributed by atoms with E-state index >= 15 is 0 Å². The van der Waals surface area contributed by atoms with Crippen LogP contribution in [-0.4, -0.2) is 16.9 Å². The topological polar surface area (TPSA) is 80.4 Å². The van der Waals surface area contributed by atoms with Gasteiger partial charge in [-0.3, -0.25) is 4.79 Å². The van der Waals surface area contributed by atoms with Crippen molar-refractivity contribution in [1.29, 1.82) is 0 Å². The highest BCUT2D eigenvalue weighted by Crippen LogP contribution is 2.20. The quantitative estimate of drug-likeness (QED) is 0.603. The Labute approximate surface area is 94.1 Å². The number of nitrogens with two attached hydrogens (primary N) is 1. The highest BCUT2D eigenvalue weighted by atomic mass is 16.4. The molecule has 0 heterocycles. The van der Waals surface area contributed by atoms with Gasteiger partial charge in [-0.25, -0.2) is 4.79 Å². The molecular formula is C12H15NO3. The number of carbonyl (C=O) groups excluding carboxylic acids is 1. The number of hydrogen-bond acceptors (Lipinski definition) is 3. The van der Waals surface area contributed by atoms with E-state index in [4.69, 9.17) is 10.8 Å². The maximum atomic E-state index is 11.7. The lowest BCUT2D eigenvalue weighted by atomic mass is 9.98. The monoisotopic (exact) mass is 221 g/mol. The fourth-order valence-corrected chi connectivity index (χ4v) is 1.58. The molecule has 0 unspecified atom stereocenters. The van der Waals surface area contributed by atoms with Crippen molar-refractivity contribution in [2.24, 2.45) is 0 Å². The Morgan fingerprint density at radius 2 is 1.94 bits per heavy atom. The molecule has 0 bridgehead atoms. The number of hydrogen-bond donors (Lipinski definition) is 2. The Hall–Kier alpha value is -1.84. The normalized spacial score (nSPS) is 10.1. The number of carboxylic acids is 1. The second-order valence-corrected chi connectivity index (χ2v) is 3.73. The van der Waals surface area contributed by atoms with Crippen LogP contribution in [0, 0.1) is 6.92 Å². The van der Waals surface area contributed by atoms with E-state index in [1.165, 1.54) is 12.1 Å². The van der Waals surface area contributed by atoms with Gasteiger partial charge in [-0.15, -0.1) is 0 Å². The van der Waals surface area contributed by atoms with Crippen LogP contribution in [0.2, 0.25) is 0 Å². The van der Waals surface area contributed by atoms with Crippen LogP contribution in [0.4, 0.5) is 5.69 Å². The summed E-state index contributed by atoms with van der Waals surface area (Å²) < 4.78 is 0. The molecule has 1 rings (SSSR count). The van der Waals surface area contributed by atoms with Crippen LogP contribution in [-0.2, 0) is 0 Å². The fourth-order valence-electron chi connectivity index (χ4n) is 1.58. The van der Waals surface area contributed by atoms with Crippen molar-refractivity contribution in [3.8, 4) is 0 Å². The fraction of sp³-hybridized carbons (Fsp3) is 0.333. The molecule has 0 aliphatic carbocycles. The number of rotatable bonds is 4. The number of carboxylic acid groups (broad SMARTS) is 1. The summed E-state index contributed by atoms with van der Waals surface area (Å²) >= 11 is 0. The molecule has 0 aliphatic heterocycles. The van der Waals surface area contributed by atoms with Crippen molar-refractivity contribution in [3.05, 3.63) is 28.8 Å². The van der Waals surface area contributed by atoms with E-state index in [0.717, 1.165) is 12.0 Å². The average Bonchev–Trinajstić information content (AvgIpc) is 2.17. The number of benzene rings is 1. The van der Waals surface area contributed by atoms with Crippen molar-refractivity contribution < 1.29 is 14.7 Å². The lowest BCUT2D eigenvalue weighted by Crippen LogP contribution is -2.08. The van der Waals surface area contributed by atoms with Gasteiger partial charge in [0.1, 0.15) is 0 Å². The summed E-state index contributed by atoms with van der Waals surface area (Å²) in [4.78, 5) is 22.6. The van der Waals surface area contributed by atoms with E-state index in [9.17, 15) is 9.59 Å². The van der Waals surface area contributed by atoms with Crippen LogP contribution >= 0.6 is 0 Å². The predicted octanol–water partition coefficient (Wildman–Crippen LogP) is 2.26. The molecule has 4 nitrogen and oxygen atoms in total. The van der Waals surface area contributed by atoms with E-state index < -0.39 is 5.97 Å². The summed E-state index contributed by atoms with van der Waals surface area (Å²) in [7, 11) is 0. The van der Waals surface area contributed by atoms with Crippen molar-refractivity contribution in [3.63, 3.8) is 0 Å². The molecule has 0 saturated heterocycles. The minimum absolute atomic E-state index is 0.00921. The molecule has 1 aromatic carbocycles. The molecule has 0 fully saturated rings. The number of ketones is 1. The van der Waals surface area contributed by atoms with E-state index in [1.54, 1.807) is 6.92 Å². The Morgan fingerprint density at radius 1 is 1.31 bits per heavy atom. The standard InChI is InChI=1S/C12H15NO3/c1-3-4-11(14)8-6-9(12(15)16)10(13)5-7(8)2/h5-6H,3-4,13H2,1-2H3,(H,15,16). The van der Waals surface area contributed by atoms with Crippen molar-refractivity contribution >= 4 is 17.4 Å². The number of nitrogen functional groups attached to an aromatic ring is 1. The lowest BCUT2D eigenvalue weighted by molar-refractivity contribution is 0.0698. The predicted molar refractivity (Wildman–Crippen MR) is 61.8 cm³/mol. The molecule has 0 aromatic heterocycles. The van der Waals surface area contributed by atoms with Crippen molar-refractivity contribution in [1.82, 2.24) is 0 Å². The molecule has 4 heteroatoms. The molecule has 0 saturated carbocycles. The maximum Gasteiger partial charge on any atom is 0.337 e. The summed E-state index contributed by atoms with van der Waals surface area (Å²) in [5, 5.41) is 8.90. The number of aromatic carboxylic acids is 1. The van der Waals surface area contributed by atoms with Gasteiger partial charge in [0.15, 0.2) is 5.78 Å². The Kier molecular flexibility index (Phi) is 3.66. The largest absolute Gasteiger partial charge is 0.478 e. The summed E-state index contributed by atoms with van der Waals surface area (Å²) in [5.74, 6) is -1.15. The zero-order chi connectivity index (χ0) is 12.3. The second kappa shape index (κ2) is 4.79. The van der Waals surface area contributed by atoms with E-state index in [1.807, 2.05) is 6.92 Å². The van der Waals surface area contributed by atoms with Gasteiger partial charge in [0.2, 0.25) is 0 Å². The lowest BCUT2D eigenvalue weighted by Gasteiger charge is -2.08. The first-order valence-electron chi connectivity index (χ1n) is 5.14. The SMILES string of the molecule is CCCC(=O)c1cc(C(=O)O)c(N)cc1C. The molecule has 0 atom stereocenters. The van der Waals surface area contributed by atoms with Gasteiger partial charge in [-0.2, -0.15) is 0 Å². The van der Waals surface area contributed by atoms with Gasteiger partial charge >= 0.3 is 5.97 Å². The third kappa shape index (κ3) is 2.39. The summed E-state index contributed by atoms with van der Waals surface area (Å²) in [5.41, 5.74) is 6.93. The van der Waals surface area contributed by atoms with Gasteiger partial charge in [0, 0.05) is 17.7 Å². The van der Waals surface area contributed by atoms with Crippen LogP contribution in [0.1, 0.15) is 46.0 Å². The van der Waals surface area contributed by atoms with Crippen molar-refractivity contribution in [2.75, 3.05) is 5.73 Å². The second-order valence-electron chi connectivity index (χ2n) is 3.73. The molecule has 0 radical (unpaired) electrons. The van der Waals surface area contributed by atoms with Crippen LogP contribution in [0.25, 0.3) is 0 Å². The van der Waals surface area contributed by atoms with Crippen LogP contribution in [0.3, 0.4) is 0 Å². The molecule has 3 N–H and O–H groups in total. The first kappa shape index (κ1) is 12.2. The van der Waals surface area contributed by atoms with Crippen molar-refractivity contribution in [2.45, 2.75) is 26.7 Å². The average molecular weight is 221 g/mol. The Morgan fingerprint density at radius 3 is 2.44 bits per heavy atom. The number of carbonyl (C=O) groups is 2. The van der Waals surface area contributed by atoms with E-state index in [-0.39, 0.29) is 17.0 Å². The first-order valence-corrected chi connectivity index (χ1v) is 5.14. The van der Waals surface area contributed by atoms with Gasteiger partial charge < -0.3 is 10.8 Å². The maximum absolute atomic E-state index is 11.7. The number of anilines is 1. The Balaban J connectivity index is 3.24. The highest BCUT2D eigenvalue weighted by Gasteiger charge is 2.15. The third-order valence-corrected chi connectivity index (χ3v) is 2.40. The summed E-state index contributed by atoms with van der Waals surface area (Å²) in [6.45, 7) is 3.66. The Bertz CT molecular complexity index is 438. The first-order chi connectivity index (χ1) is 7.47. The van der Waals surface area contributed by atoms with Crippen LogP contribution in [0.15, 0.2) is 12.1 Å². The molecular weight excluding hydrogens is 206 g/mol. The van der Waals surface area contributed by atoms with E-state index in [0.29, 0.717) is 12.0 Å². The highest BCUT2D eigenvalue weighted by molar-refractivity contribution is 6.02. The molecule has 0 amide bonds. The number of Topliss-reactive ketones (excluding diaryl/α,β-unsaturated/α-hetero) is 1.